The number of nitrogens with two attached hydrogens (primary N) is 1. The van der Waals surface area contributed by atoms with Gasteiger partial charge in [0.25, 0.3) is 5.91 Å². The summed E-state index contributed by atoms with van der Waals surface area (Å²) in [5, 5.41) is 1.93. The third-order valence-corrected chi connectivity index (χ3v) is 2.58. The minimum Gasteiger partial charge on any atom is -0.317 e. The van der Waals surface area contributed by atoms with Crippen molar-refractivity contribution >= 4 is 29.0 Å². The molecule has 6 nitrogen and oxygen atoms in total. The summed E-state index contributed by atoms with van der Waals surface area (Å²) >= 11 is 5.66. The Morgan fingerprint density at radius 3 is 2.55 bits per heavy atom. The molecule has 2 rings (SSSR count). The molecule has 1 aromatic carbocycles. The molecule has 2 aromatic rings. The number of nitrogens with zero attached hydrogens (tertiary/aromatic N) is 2. The first-order valence-electron chi connectivity index (χ1n) is 5.26. The van der Waals surface area contributed by atoms with E-state index < -0.39 is 17.5 Å². The average molecular weight is 300 g/mol. The number of hydrogen-bond donors (Lipinski definition) is 3. The first-order chi connectivity index (χ1) is 9.51. The number of halogens is 3. The maximum atomic E-state index is 13.5. The summed E-state index contributed by atoms with van der Waals surface area (Å²) in [4.78, 5) is 19.4. The summed E-state index contributed by atoms with van der Waals surface area (Å²) in [6.45, 7) is 0. The van der Waals surface area contributed by atoms with Crippen molar-refractivity contribution in [2.45, 2.75) is 0 Å². The third kappa shape index (κ3) is 2.98. The summed E-state index contributed by atoms with van der Waals surface area (Å²) in [5.74, 6) is 2.78. The van der Waals surface area contributed by atoms with Crippen LogP contribution in [0.5, 0.6) is 0 Å². The molecule has 0 aliphatic carbocycles. The second-order valence-electron chi connectivity index (χ2n) is 3.63. The molecule has 104 valence electrons. The van der Waals surface area contributed by atoms with E-state index in [4.69, 9.17) is 17.4 Å². The maximum Gasteiger partial charge on any atom is 0.275 e. The van der Waals surface area contributed by atoms with Gasteiger partial charge in [0.05, 0.1) is 23.1 Å². The van der Waals surface area contributed by atoms with Gasteiger partial charge in [0.2, 0.25) is 0 Å². The van der Waals surface area contributed by atoms with Crippen molar-refractivity contribution in [3.05, 3.63) is 46.9 Å². The van der Waals surface area contributed by atoms with Crippen molar-refractivity contribution in [3.63, 3.8) is 0 Å². The molecule has 0 saturated heterocycles. The highest BCUT2D eigenvalue weighted by Crippen LogP contribution is 2.26. The predicted molar refractivity (Wildman–Crippen MR) is 69.2 cm³/mol. The van der Waals surface area contributed by atoms with Crippen molar-refractivity contribution in [1.82, 2.24) is 9.97 Å². The molecule has 9 heteroatoms. The number of aromatic nitrogens is 2. The number of amides is 1. The zero-order valence-corrected chi connectivity index (χ0v) is 10.6. The molecule has 0 aliphatic heterocycles. The predicted octanol–water partition coefficient (Wildman–Crippen LogP) is 1.95. The molecule has 0 bridgehead atoms. The van der Waals surface area contributed by atoms with E-state index in [2.05, 4.69) is 20.7 Å². The number of rotatable bonds is 3. The van der Waals surface area contributed by atoms with E-state index in [1.807, 2.05) is 0 Å². The van der Waals surface area contributed by atoms with Crippen molar-refractivity contribution in [1.29, 1.82) is 0 Å². The Labute approximate surface area is 116 Å². The van der Waals surface area contributed by atoms with Crippen molar-refractivity contribution in [3.8, 4) is 0 Å². The van der Waals surface area contributed by atoms with Gasteiger partial charge in [0, 0.05) is 6.07 Å². The molecule has 1 heterocycles. The van der Waals surface area contributed by atoms with Gasteiger partial charge >= 0.3 is 0 Å². The number of anilines is 2. The van der Waals surface area contributed by atoms with Crippen LogP contribution in [-0.4, -0.2) is 15.9 Å². The molecule has 4 N–H and O–H groups in total. The second kappa shape index (κ2) is 5.76. The van der Waals surface area contributed by atoms with Crippen LogP contribution in [0.15, 0.2) is 24.5 Å². The molecule has 0 aliphatic rings. The standard InChI is InChI=1S/C11H8ClF2N5O/c12-6-1-5(13)2-7(14)10(6)18-11(20)8-3-17-9(19-15)4-16-8/h1-4H,15H2,(H,17,19)(H,18,20). The van der Waals surface area contributed by atoms with E-state index in [1.54, 1.807) is 0 Å². The summed E-state index contributed by atoms with van der Waals surface area (Å²) in [5.41, 5.74) is 1.83. The number of carbonyl (C=O) groups excluding carboxylic acids is 1. The van der Waals surface area contributed by atoms with Gasteiger partial charge < -0.3 is 10.7 Å². The number of carbonyl (C=O) groups is 1. The van der Waals surface area contributed by atoms with Crippen molar-refractivity contribution in [2.24, 2.45) is 5.84 Å². The molecule has 0 unspecified atom stereocenters. The van der Waals surface area contributed by atoms with E-state index >= 15 is 0 Å². The van der Waals surface area contributed by atoms with Gasteiger partial charge in [-0.15, -0.1) is 0 Å². The van der Waals surface area contributed by atoms with Crippen LogP contribution in [0.1, 0.15) is 10.5 Å². The quantitative estimate of drug-likeness (QED) is 0.595. The Hall–Kier alpha value is -2.32. The van der Waals surface area contributed by atoms with E-state index in [9.17, 15) is 13.6 Å². The zero-order chi connectivity index (χ0) is 14.7. The molecular weight excluding hydrogens is 292 g/mol. The van der Waals surface area contributed by atoms with E-state index in [0.717, 1.165) is 12.3 Å². The van der Waals surface area contributed by atoms with Crippen LogP contribution in [0.4, 0.5) is 20.3 Å². The highest BCUT2D eigenvalue weighted by molar-refractivity contribution is 6.33. The van der Waals surface area contributed by atoms with Crippen LogP contribution in [0.2, 0.25) is 5.02 Å². The van der Waals surface area contributed by atoms with Crippen LogP contribution >= 0.6 is 11.6 Å². The second-order valence-corrected chi connectivity index (χ2v) is 4.04. The number of nitrogen functional groups attached to an aromatic ring is 1. The molecule has 1 amide bonds. The van der Waals surface area contributed by atoms with Crippen LogP contribution in [0, 0.1) is 11.6 Å². The largest absolute Gasteiger partial charge is 0.317 e. The van der Waals surface area contributed by atoms with Crippen LogP contribution in [0.25, 0.3) is 0 Å². The van der Waals surface area contributed by atoms with E-state index in [0.29, 0.717) is 6.07 Å². The van der Waals surface area contributed by atoms with Gasteiger partial charge in [-0.1, -0.05) is 11.6 Å². The van der Waals surface area contributed by atoms with E-state index in [-0.39, 0.29) is 22.2 Å². The Balaban J connectivity index is 2.23. The van der Waals surface area contributed by atoms with Gasteiger partial charge in [-0.25, -0.2) is 24.6 Å². The first-order valence-corrected chi connectivity index (χ1v) is 5.63. The lowest BCUT2D eigenvalue weighted by atomic mass is 10.3. The summed E-state index contributed by atoms with van der Waals surface area (Å²) < 4.78 is 26.4. The molecule has 0 radical (unpaired) electrons. The Kier molecular flexibility index (Phi) is 4.06. The van der Waals surface area contributed by atoms with Gasteiger partial charge in [-0.2, -0.15) is 0 Å². The minimum absolute atomic E-state index is 0.0798. The Bertz CT molecular complexity index is 627. The average Bonchev–Trinajstić information content (AvgIpc) is 2.42. The Morgan fingerprint density at radius 1 is 1.25 bits per heavy atom. The van der Waals surface area contributed by atoms with Gasteiger partial charge in [0.15, 0.2) is 11.6 Å². The highest BCUT2D eigenvalue weighted by atomic mass is 35.5. The first kappa shape index (κ1) is 14.1. The van der Waals surface area contributed by atoms with Gasteiger partial charge in [-0.3, -0.25) is 4.79 Å². The summed E-state index contributed by atoms with van der Waals surface area (Å²) in [7, 11) is 0. The number of hydrazine groups is 1. The van der Waals surface area contributed by atoms with Crippen LogP contribution < -0.4 is 16.6 Å². The normalized spacial score (nSPS) is 10.2. The SMILES string of the molecule is NNc1cnc(C(=O)Nc2c(F)cc(F)cc2Cl)cn1. The number of nitrogens with one attached hydrogen (secondary N) is 2. The number of hydrogen-bond acceptors (Lipinski definition) is 5. The lowest BCUT2D eigenvalue weighted by molar-refractivity contribution is 0.102. The monoisotopic (exact) mass is 299 g/mol. The lowest BCUT2D eigenvalue weighted by Crippen LogP contribution is -2.16. The smallest absolute Gasteiger partial charge is 0.275 e. The van der Waals surface area contributed by atoms with Gasteiger partial charge in [-0.05, 0) is 6.07 Å². The summed E-state index contributed by atoms with van der Waals surface area (Å²) in [6.07, 6.45) is 2.36. The molecule has 0 spiro atoms. The van der Waals surface area contributed by atoms with Crippen LogP contribution in [-0.2, 0) is 0 Å². The third-order valence-electron chi connectivity index (χ3n) is 2.28. The maximum absolute atomic E-state index is 13.5. The molecule has 0 fully saturated rings. The fourth-order valence-corrected chi connectivity index (χ4v) is 1.60. The van der Waals surface area contributed by atoms with Crippen molar-refractivity contribution < 1.29 is 13.6 Å². The minimum atomic E-state index is -0.989. The zero-order valence-electron chi connectivity index (χ0n) is 9.82. The fourth-order valence-electron chi connectivity index (χ4n) is 1.36. The number of benzene rings is 1. The lowest BCUT2D eigenvalue weighted by Gasteiger charge is -2.08. The molecule has 0 atom stereocenters. The topological polar surface area (TPSA) is 92.9 Å². The van der Waals surface area contributed by atoms with E-state index in [1.165, 1.54) is 6.20 Å². The fraction of sp³-hybridized carbons (Fsp3) is 0. The summed E-state index contributed by atoms with van der Waals surface area (Å²) in [6, 6.07) is 1.49. The molecular formula is C11H8ClF2N5O. The van der Waals surface area contributed by atoms with Crippen LogP contribution in [0.3, 0.4) is 0 Å². The Morgan fingerprint density at radius 2 is 2.00 bits per heavy atom. The van der Waals surface area contributed by atoms with Gasteiger partial charge in [0.1, 0.15) is 11.5 Å². The molecule has 1 aromatic heterocycles. The molecule has 20 heavy (non-hydrogen) atoms. The molecule has 0 saturated carbocycles. The van der Waals surface area contributed by atoms with Crippen molar-refractivity contribution in [2.75, 3.05) is 10.7 Å². The highest BCUT2D eigenvalue weighted by Gasteiger charge is 2.15.